The molecule has 2 rings (SSSR count). The van der Waals surface area contributed by atoms with Crippen molar-refractivity contribution in [3.63, 3.8) is 0 Å². The highest BCUT2D eigenvalue weighted by Crippen LogP contribution is 2.39. The van der Waals surface area contributed by atoms with E-state index in [0.29, 0.717) is 17.4 Å². The van der Waals surface area contributed by atoms with Crippen molar-refractivity contribution in [2.24, 2.45) is 11.3 Å². The minimum Gasteiger partial charge on any atom is -0.316 e. The van der Waals surface area contributed by atoms with Gasteiger partial charge in [-0.2, -0.15) is 0 Å². The van der Waals surface area contributed by atoms with Gasteiger partial charge in [-0.1, -0.05) is 29.8 Å². The van der Waals surface area contributed by atoms with Crippen LogP contribution in [0.2, 0.25) is 0 Å². The fourth-order valence-corrected chi connectivity index (χ4v) is 3.82. The van der Waals surface area contributed by atoms with Gasteiger partial charge in [-0.15, -0.1) is 0 Å². The summed E-state index contributed by atoms with van der Waals surface area (Å²) in [5, 5.41) is 3.45. The average Bonchev–Trinajstić information content (AvgIpc) is 2.35. The molecule has 0 spiro atoms. The van der Waals surface area contributed by atoms with E-state index in [-0.39, 0.29) is 5.82 Å². The normalized spacial score (nSPS) is 20.9. The number of benzene rings is 1. The number of hydrogen-bond donors (Lipinski definition) is 1. The van der Waals surface area contributed by atoms with Crippen molar-refractivity contribution in [3.05, 3.63) is 34.1 Å². The topological polar surface area (TPSA) is 12.0 Å². The fourth-order valence-electron chi connectivity index (χ4n) is 3.31. The summed E-state index contributed by atoms with van der Waals surface area (Å²) in [6, 6.07) is 5.64. The summed E-state index contributed by atoms with van der Waals surface area (Å²) in [6.45, 7) is 4.72. The Bertz CT molecular complexity index is 428. The van der Waals surface area contributed by atoms with Crippen molar-refractivity contribution in [1.82, 2.24) is 5.32 Å². The van der Waals surface area contributed by atoms with Gasteiger partial charge in [0.15, 0.2) is 0 Å². The van der Waals surface area contributed by atoms with E-state index >= 15 is 0 Å². The van der Waals surface area contributed by atoms with Crippen molar-refractivity contribution in [1.29, 1.82) is 0 Å². The molecular weight excluding hydrogens is 317 g/mol. The first-order chi connectivity index (χ1) is 9.39. The summed E-state index contributed by atoms with van der Waals surface area (Å²) in [4.78, 5) is 0. The minimum atomic E-state index is -0.158. The smallest absolute Gasteiger partial charge is 0.124 e. The SMILES string of the molecule is CNC(Cc1cc(F)cc(Br)c1)C1CCC(C)(C)CC1. The Hall–Kier alpha value is -0.410. The van der Waals surface area contributed by atoms with E-state index in [1.165, 1.54) is 31.7 Å². The minimum absolute atomic E-state index is 0.158. The molecule has 1 atom stereocenters. The Morgan fingerprint density at radius 1 is 1.30 bits per heavy atom. The van der Waals surface area contributed by atoms with Crippen LogP contribution in [0.5, 0.6) is 0 Å². The molecule has 1 aliphatic carbocycles. The lowest BCUT2D eigenvalue weighted by Gasteiger charge is -2.38. The maximum absolute atomic E-state index is 13.5. The van der Waals surface area contributed by atoms with Crippen LogP contribution in [0.25, 0.3) is 0 Å². The predicted molar refractivity (Wildman–Crippen MR) is 86.4 cm³/mol. The van der Waals surface area contributed by atoms with E-state index in [4.69, 9.17) is 0 Å². The van der Waals surface area contributed by atoms with Gasteiger partial charge in [0.1, 0.15) is 5.82 Å². The molecule has 20 heavy (non-hydrogen) atoms. The summed E-state index contributed by atoms with van der Waals surface area (Å²) in [5.74, 6) is 0.545. The van der Waals surface area contributed by atoms with Gasteiger partial charge in [0.05, 0.1) is 0 Å². The molecule has 0 heterocycles. The second kappa shape index (κ2) is 6.57. The van der Waals surface area contributed by atoms with E-state index in [2.05, 4.69) is 35.1 Å². The molecule has 1 aromatic carbocycles. The van der Waals surface area contributed by atoms with Crippen LogP contribution in [-0.2, 0) is 6.42 Å². The van der Waals surface area contributed by atoms with E-state index in [1.54, 1.807) is 6.07 Å². The molecular formula is C17H25BrFN. The quantitative estimate of drug-likeness (QED) is 0.818. The highest BCUT2D eigenvalue weighted by molar-refractivity contribution is 9.10. The molecule has 112 valence electrons. The first-order valence-corrected chi connectivity index (χ1v) is 8.31. The maximum atomic E-state index is 13.5. The first kappa shape index (κ1) is 16.0. The van der Waals surface area contributed by atoms with Crippen molar-refractivity contribution in [2.45, 2.75) is 52.0 Å². The van der Waals surface area contributed by atoms with E-state index < -0.39 is 0 Å². The molecule has 0 amide bonds. The summed E-state index contributed by atoms with van der Waals surface area (Å²) < 4.78 is 14.3. The van der Waals surface area contributed by atoms with Gasteiger partial charge in [0.25, 0.3) is 0 Å². The third-order valence-corrected chi connectivity index (χ3v) is 5.16. The van der Waals surface area contributed by atoms with Crippen LogP contribution in [0.15, 0.2) is 22.7 Å². The number of nitrogens with one attached hydrogen (secondary N) is 1. The number of likely N-dealkylation sites (N-methyl/N-ethyl adjacent to an activating group) is 1. The Morgan fingerprint density at radius 3 is 2.50 bits per heavy atom. The summed E-state index contributed by atoms with van der Waals surface area (Å²) >= 11 is 3.38. The molecule has 1 aliphatic rings. The van der Waals surface area contributed by atoms with Crippen molar-refractivity contribution in [2.75, 3.05) is 7.05 Å². The van der Waals surface area contributed by atoms with Gasteiger partial charge in [0.2, 0.25) is 0 Å². The summed E-state index contributed by atoms with van der Waals surface area (Å²) in [6.07, 6.45) is 6.04. The van der Waals surface area contributed by atoms with Crippen molar-refractivity contribution in [3.8, 4) is 0 Å². The molecule has 1 N–H and O–H groups in total. The molecule has 0 aromatic heterocycles. The highest BCUT2D eigenvalue weighted by Gasteiger charge is 2.30. The van der Waals surface area contributed by atoms with Gasteiger partial charge < -0.3 is 5.32 Å². The lowest BCUT2D eigenvalue weighted by molar-refractivity contribution is 0.163. The summed E-state index contributed by atoms with van der Waals surface area (Å²) in [7, 11) is 2.03. The van der Waals surface area contributed by atoms with Crippen LogP contribution in [0.3, 0.4) is 0 Å². The summed E-state index contributed by atoms with van der Waals surface area (Å²) in [5.41, 5.74) is 1.57. The lowest BCUT2D eigenvalue weighted by Crippen LogP contribution is -2.38. The fraction of sp³-hybridized carbons (Fsp3) is 0.647. The van der Waals surface area contributed by atoms with Crippen LogP contribution < -0.4 is 5.32 Å². The Balaban J connectivity index is 2.02. The molecule has 0 bridgehead atoms. The van der Waals surface area contributed by atoms with Crippen LogP contribution in [0, 0.1) is 17.2 Å². The van der Waals surface area contributed by atoms with Gasteiger partial charge in [-0.05, 0) is 74.2 Å². The third-order valence-electron chi connectivity index (χ3n) is 4.70. The Morgan fingerprint density at radius 2 is 1.95 bits per heavy atom. The van der Waals surface area contributed by atoms with Crippen molar-refractivity contribution >= 4 is 15.9 Å². The van der Waals surface area contributed by atoms with Crippen molar-refractivity contribution < 1.29 is 4.39 Å². The van der Waals surface area contributed by atoms with Gasteiger partial charge in [-0.25, -0.2) is 4.39 Å². The molecule has 1 fully saturated rings. The number of hydrogen-bond acceptors (Lipinski definition) is 1. The zero-order chi connectivity index (χ0) is 14.8. The monoisotopic (exact) mass is 341 g/mol. The third kappa shape index (κ3) is 4.29. The zero-order valence-electron chi connectivity index (χ0n) is 12.7. The zero-order valence-corrected chi connectivity index (χ0v) is 14.3. The highest BCUT2D eigenvalue weighted by atomic mass is 79.9. The van der Waals surface area contributed by atoms with E-state index in [9.17, 15) is 4.39 Å². The number of halogens is 2. The lowest BCUT2D eigenvalue weighted by atomic mass is 9.70. The van der Waals surface area contributed by atoms with E-state index in [0.717, 1.165) is 16.5 Å². The van der Waals surface area contributed by atoms with Crippen LogP contribution in [0.1, 0.15) is 45.1 Å². The van der Waals surface area contributed by atoms with Crippen LogP contribution in [-0.4, -0.2) is 13.1 Å². The molecule has 0 aliphatic heterocycles. The predicted octanol–water partition coefficient (Wildman–Crippen LogP) is 4.94. The van der Waals surface area contributed by atoms with Crippen LogP contribution in [0.4, 0.5) is 4.39 Å². The second-order valence-electron chi connectivity index (χ2n) is 6.88. The Kier molecular flexibility index (Phi) is 5.25. The maximum Gasteiger partial charge on any atom is 0.124 e. The average molecular weight is 342 g/mol. The molecule has 3 heteroatoms. The van der Waals surface area contributed by atoms with Gasteiger partial charge in [-0.3, -0.25) is 0 Å². The first-order valence-electron chi connectivity index (χ1n) is 7.52. The molecule has 0 radical (unpaired) electrons. The molecule has 1 aromatic rings. The second-order valence-corrected chi connectivity index (χ2v) is 7.79. The molecule has 1 unspecified atom stereocenters. The van der Waals surface area contributed by atoms with Crippen LogP contribution >= 0.6 is 15.9 Å². The molecule has 1 saturated carbocycles. The largest absolute Gasteiger partial charge is 0.316 e. The molecule has 1 nitrogen and oxygen atoms in total. The van der Waals surface area contributed by atoms with Gasteiger partial charge in [0, 0.05) is 10.5 Å². The number of rotatable bonds is 4. The Labute approximate surface area is 130 Å². The van der Waals surface area contributed by atoms with Gasteiger partial charge >= 0.3 is 0 Å². The molecule has 0 saturated heterocycles. The van der Waals surface area contributed by atoms with E-state index in [1.807, 2.05) is 13.1 Å². The standard InChI is InChI=1S/C17H25BrFN/c1-17(2)6-4-13(5-7-17)16(20-3)10-12-8-14(18)11-15(19)9-12/h8-9,11,13,16,20H,4-7,10H2,1-3H3.